The molecule has 2 heteroatoms. The minimum Gasteiger partial charge on any atom is -0.396 e. The molecule has 0 aliphatic carbocycles. The van der Waals surface area contributed by atoms with Crippen LogP contribution in [0.2, 0.25) is 0 Å². The standard InChI is InChI=1S/C17H36O2/c1-4-6-8-10-12-17(3,16(14-18)15-19)13-11-9-7-5-2/h16,18-19H,4-15H2,1-3H3. The highest BCUT2D eigenvalue weighted by Crippen LogP contribution is 2.38. The fourth-order valence-electron chi connectivity index (χ4n) is 2.94. The molecule has 0 aliphatic rings. The predicted molar refractivity (Wildman–Crippen MR) is 83.3 cm³/mol. The van der Waals surface area contributed by atoms with Gasteiger partial charge in [-0.15, -0.1) is 0 Å². The van der Waals surface area contributed by atoms with E-state index in [4.69, 9.17) is 0 Å². The monoisotopic (exact) mass is 272 g/mol. The molecule has 116 valence electrons. The second kappa shape index (κ2) is 11.7. The van der Waals surface area contributed by atoms with Gasteiger partial charge in [-0.2, -0.15) is 0 Å². The van der Waals surface area contributed by atoms with Crippen LogP contribution >= 0.6 is 0 Å². The Balaban J connectivity index is 4.26. The summed E-state index contributed by atoms with van der Waals surface area (Å²) in [5.41, 5.74) is 0.116. The van der Waals surface area contributed by atoms with Gasteiger partial charge in [0.15, 0.2) is 0 Å². The quantitative estimate of drug-likeness (QED) is 0.483. The van der Waals surface area contributed by atoms with Crippen LogP contribution in [0.4, 0.5) is 0 Å². The van der Waals surface area contributed by atoms with Crippen LogP contribution in [0.15, 0.2) is 0 Å². The van der Waals surface area contributed by atoms with Gasteiger partial charge in [0.1, 0.15) is 0 Å². The lowest BCUT2D eigenvalue weighted by Crippen LogP contribution is -2.33. The SMILES string of the molecule is CCCCCCC(C)(CCCCCC)C(CO)CO. The Morgan fingerprint density at radius 3 is 1.47 bits per heavy atom. The summed E-state index contributed by atoms with van der Waals surface area (Å²) >= 11 is 0. The van der Waals surface area contributed by atoms with Gasteiger partial charge >= 0.3 is 0 Å². The molecule has 0 heterocycles. The maximum absolute atomic E-state index is 9.51. The zero-order valence-corrected chi connectivity index (χ0v) is 13.5. The minimum atomic E-state index is 0.0516. The third kappa shape index (κ3) is 7.94. The van der Waals surface area contributed by atoms with Crippen molar-refractivity contribution in [2.45, 2.75) is 85.0 Å². The first-order valence-corrected chi connectivity index (χ1v) is 8.36. The lowest BCUT2D eigenvalue weighted by Gasteiger charge is -2.36. The average molecular weight is 272 g/mol. The maximum Gasteiger partial charge on any atom is 0.0486 e. The van der Waals surface area contributed by atoms with Gasteiger partial charge in [-0.3, -0.25) is 0 Å². The molecule has 0 radical (unpaired) electrons. The molecule has 2 N–H and O–H groups in total. The highest BCUT2D eigenvalue weighted by molar-refractivity contribution is 4.82. The van der Waals surface area contributed by atoms with E-state index in [1.807, 2.05) is 0 Å². The average Bonchev–Trinajstić information content (AvgIpc) is 2.41. The van der Waals surface area contributed by atoms with Gasteiger partial charge < -0.3 is 10.2 Å². The fourth-order valence-corrected chi connectivity index (χ4v) is 2.94. The number of aliphatic hydroxyl groups excluding tert-OH is 2. The Morgan fingerprint density at radius 2 is 1.16 bits per heavy atom. The van der Waals surface area contributed by atoms with Crippen LogP contribution in [0.25, 0.3) is 0 Å². The Labute approximate surface area is 120 Å². The Hall–Kier alpha value is -0.0800. The molecule has 0 amide bonds. The molecule has 0 saturated heterocycles. The summed E-state index contributed by atoms with van der Waals surface area (Å²) < 4.78 is 0. The zero-order valence-electron chi connectivity index (χ0n) is 13.5. The first-order valence-electron chi connectivity index (χ1n) is 8.36. The van der Waals surface area contributed by atoms with Gasteiger partial charge in [0.05, 0.1) is 0 Å². The topological polar surface area (TPSA) is 40.5 Å². The number of hydrogen-bond acceptors (Lipinski definition) is 2. The smallest absolute Gasteiger partial charge is 0.0486 e. The van der Waals surface area contributed by atoms with Crippen molar-refractivity contribution in [3.05, 3.63) is 0 Å². The van der Waals surface area contributed by atoms with Crippen molar-refractivity contribution in [1.29, 1.82) is 0 Å². The summed E-state index contributed by atoms with van der Waals surface area (Å²) in [6.07, 6.45) is 12.4. The Kier molecular flexibility index (Phi) is 11.7. The van der Waals surface area contributed by atoms with E-state index >= 15 is 0 Å². The van der Waals surface area contributed by atoms with Crippen molar-refractivity contribution in [3.63, 3.8) is 0 Å². The first-order chi connectivity index (χ1) is 9.14. The van der Waals surface area contributed by atoms with Crippen molar-refractivity contribution in [2.24, 2.45) is 11.3 Å². The van der Waals surface area contributed by atoms with Gasteiger partial charge in [-0.1, -0.05) is 72.1 Å². The van der Waals surface area contributed by atoms with Gasteiger partial charge in [-0.05, 0) is 18.3 Å². The van der Waals surface area contributed by atoms with E-state index < -0.39 is 0 Å². The van der Waals surface area contributed by atoms with E-state index in [0.717, 1.165) is 12.8 Å². The van der Waals surface area contributed by atoms with Gasteiger partial charge in [0, 0.05) is 19.1 Å². The molecule has 0 aromatic carbocycles. The third-order valence-electron chi connectivity index (χ3n) is 4.63. The van der Waals surface area contributed by atoms with Gasteiger partial charge in [0.25, 0.3) is 0 Å². The van der Waals surface area contributed by atoms with Crippen molar-refractivity contribution < 1.29 is 10.2 Å². The molecular formula is C17H36O2. The van der Waals surface area contributed by atoms with E-state index in [1.54, 1.807) is 0 Å². The Morgan fingerprint density at radius 1 is 0.737 bits per heavy atom. The van der Waals surface area contributed by atoms with E-state index in [-0.39, 0.29) is 24.5 Å². The van der Waals surface area contributed by atoms with E-state index in [0.29, 0.717) is 0 Å². The number of aliphatic hydroxyl groups is 2. The van der Waals surface area contributed by atoms with Gasteiger partial charge in [-0.25, -0.2) is 0 Å². The molecule has 0 bridgehead atoms. The molecule has 0 atom stereocenters. The highest BCUT2D eigenvalue weighted by Gasteiger charge is 2.32. The van der Waals surface area contributed by atoms with Crippen LogP contribution < -0.4 is 0 Å². The predicted octanol–water partition coefficient (Wildman–Crippen LogP) is 4.53. The molecule has 0 aliphatic heterocycles. The van der Waals surface area contributed by atoms with E-state index in [9.17, 15) is 10.2 Å². The molecule has 19 heavy (non-hydrogen) atoms. The lowest BCUT2D eigenvalue weighted by atomic mass is 9.70. The molecule has 0 spiro atoms. The van der Waals surface area contributed by atoms with Crippen molar-refractivity contribution in [3.8, 4) is 0 Å². The molecule has 0 rings (SSSR count). The summed E-state index contributed by atoms with van der Waals surface area (Å²) in [5, 5.41) is 19.0. The normalized spacial score (nSPS) is 12.3. The summed E-state index contributed by atoms with van der Waals surface area (Å²) in [5.74, 6) is 0.0516. The molecule has 0 aromatic heterocycles. The van der Waals surface area contributed by atoms with Crippen molar-refractivity contribution in [2.75, 3.05) is 13.2 Å². The third-order valence-corrected chi connectivity index (χ3v) is 4.63. The van der Waals surface area contributed by atoms with E-state index in [2.05, 4.69) is 20.8 Å². The maximum atomic E-state index is 9.51. The van der Waals surface area contributed by atoms with Gasteiger partial charge in [0.2, 0.25) is 0 Å². The molecule has 0 saturated carbocycles. The lowest BCUT2D eigenvalue weighted by molar-refractivity contribution is 0.0344. The van der Waals surface area contributed by atoms with Crippen LogP contribution in [0.3, 0.4) is 0 Å². The largest absolute Gasteiger partial charge is 0.396 e. The van der Waals surface area contributed by atoms with Crippen LogP contribution in [-0.4, -0.2) is 23.4 Å². The molecular weight excluding hydrogens is 236 g/mol. The molecule has 0 aromatic rings. The Bertz CT molecular complexity index is 176. The second-order valence-electron chi connectivity index (χ2n) is 6.34. The molecule has 2 nitrogen and oxygen atoms in total. The summed E-state index contributed by atoms with van der Waals surface area (Å²) in [7, 11) is 0. The molecule has 0 fully saturated rings. The summed E-state index contributed by atoms with van der Waals surface area (Å²) in [4.78, 5) is 0. The fraction of sp³-hybridized carbons (Fsp3) is 1.00. The van der Waals surface area contributed by atoms with Crippen LogP contribution in [0.5, 0.6) is 0 Å². The van der Waals surface area contributed by atoms with Crippen LogP contribution in [0.1, 0.15) is 85.0 Å². The number of hydrogen-bond donors (Lipinski definition) is 2. The minimum absolute atomic E-state index is 0.0516. The highest BCUT2D eigenvalue weighted by atomic mass is 16.3. The molecule has 0 unspecified atom stereocenters. The first kappa shape index (κ1) is 18.9. The summed E-state index contributed by atoms with van der Waals surface area (Å²) in [6, 6.07) is 0. The summed E-state index contributed by atoms with van der Waals surface area (Å²) in [6.45, 7) is 6.97. The van der Waals surface area contributed by atoms with E-state index in [1.165, 1.54) is 51.4 Å². The second-order valence-corrected chi connectivity index (χ2v) is 6.34. The van der Waals surface area contributed by atoms with Crippen LogP contribution in [0, 0.1) is 11.3 Å². The van der Waals surface area contributed by atoms with Crippen LogP contribution in [-0.2, 0) is 0 Å². The number of unbranched alkanes of at least 4 members (excludes halogenated alkanes) is 6. The van der Waals surface area contributed by atoms with Crippen molar-refractivity contribution in [1.82, 2.24) is 0 Å². The zero-order chi connectivity index (χ0) is 14.6. The number of rotatable bonds is 13. The van der Waals surface area contributed by atoms with Crippen molar-refractivity contribution >= 4 is 0 Å².